The fourth-order valence-corrected chi connectivity index (χ4v) is 10.7. The number of rotatable bonds is 6. The maximum Gasteiger partial charge on any atom is 0.320 e. The quantitative estimate of drug-likeness (QED) is 0.303. The highest BCUT2D eigenvalue weighted by molar-refractivity contribution is 6.32. The number of para-hydroxylation sites is 1. The number of benzene rings is 2. The average Bonchev–Trinajstić information content (AvgIpc) is 3.56. The molecular weight excluding hydrogens is 772 g/mol. The molecule has 3 N–H and O–H groups in total. The molecule has 59 heavy (non-hydrogen) atoms. The van der Waals surface area contributed by atoms with Crippen molar-refractivity contribution in [2.24, 2.45) is 5.92 Å². The molecule has 7 heterocycles. The number of piperidine rings is 2. The Morgan fingerprint density at radius 3 is 2.49 bits per heavy atom. The van der Waals surface area contributed by atoms with Gasteiger partial charge >= 0.3 is 6.03 Å². The summed E-state index contributed by atoms with van der Waals surface area (Å²) in [6.07, 6.45) is 3.52. The first-order valence-corrected chi connectivity index (χ1v) is 21.5. The maximum atomic E-state index is 14.4. The van der Waals surface area contributed by atoms with E-state index >= 15 is 0 Å². The molecule has 15 nitrogen and oxygen atoms in total. The monoisotopic (exact) mass is 824 g/mol. The highest BCUT2D eigenvalue weighted by Crippen LogP contribution is 2.42. The number of nitrogens with zero attached hydrogens (tertiary/aromatic N) is 8. The largest absolute Gasteiger partial charge is 0.506 e. The van der Waals surface area contributed by atoms with Crippen LogP contribution in [0.1, 0.15) is 68.8 Å². The van der Waals surface area contributed by atoms with Crippen LogP contribution in [0.5, 0.6) is 5.75 Å². The normalized spacial score (nSPS) is 26.3. The summed E-state index contributed by atoms with van der Waals surface area (Å²) in [4.78, 5) is 65.0. The van der Waals surface area contributed by atoms with Crippen molar-refractivity contribution in [2.75, 3.05) is 74.0 Å². The number of halogens is 1. The van der Waals surface area contributed by atoms with Crippen molar-refractivity contribution in [3.63, 3.8) is 0 Å². The van der Waals surface area contributed by atoms with Gasteiger partial charge in [-0.05, 0) is 81.3 Å². The molecule has 0 bridgehead atoms. The van der Waals surface area contributed by atoms with E-state index in [0.29, 0.717) is 67.7 Å². The fourth-order valence-electron chi connectivity index (χ4n) is 10.5. The summed E-state index contributed by atoms with van der Waals surface area (Å²) < 4.78 is 0. The van der Waals surface area contributed by atoms with Crippen molar-refractivity contribution in [2.45, 2.75) is 83.1 Å². The topological polar surface area (TPSA) is 158 Å². The number of phenols is 1. The number of amides is 5. The first kappa shape index (κ1) is 39.3. The molecule has 0 radical (unpaired) electrons. The molecule has 16 heteroatoms. The van der Waals surface area contributed by atoms with Gasteiger partial charge in [-0.15, -0.1) is 10.2 Å². The number of fused-ring (bicyclic) bond motifs is 4. The van der Waals surface area contributed by atoms with E-state index in [-0.39, 0.29) is 58.6 Å². The molecule has 4 fully saturated rings. The van der Waals surface area contributed by atoms with Crippen LogP contribution < -0.4 is 20.4 Å². The van der Waals surface area contributed by atoms with Gasteiger partial charge in [-0.25, -0.2) is 4.79 Å². The molecule has 4 saturated heterocycles. The number of anilines is 3. The Balaban J connectivity index is 0.792. The van der Waals surface area contributed by atoms with Gasteiger partial charge < -0.3 is 34.9 Å². The Morgan fingerprint density at radius 2 is 1.75 bits per heavy atom. The van der Waals surface area contributed by atoms with E-state index < -0.39 is 6.04 Å². The van der Waals surface area contributed by atoms with E-state index in [0.717, 1.165) is 68.9 Å². The second kappa shape index (κ2) is 15.5. The van der Waals surface area contributed by atoms with Crippen LogP contribution in [-0.4, -0.2) is 141 Å². The van der Waals surface area contributed by atoms with Crippen LogP contribution in [0.25, 0.3) is 11.3 Å². The summed E-state index contributed by atoms with van der Waals surface area (Å²) in [5.74, 6) is 0.403. The minimum Gasteiger partial charge on any atom is -0.506 e. The zero-order valence-corrected chi connectivity index (χ0v) is 34.7. The first-order valence-electron chi connectivity index (χ1n) is 21.1. The van der Waals surface area contributed by atoms with Gasteiger partial charge in [0.25, 0.3) is 5.91 Å². The summed E-state index contributed by atoms with van der Waals surface area (Å²) >= 11 is 6.22. The summed E-state index contributed by atoms with van der Waals surface area (Å²) in [5, 5.41) is 25.7. The van der Waals surface area contributed by atoms with Gasteiger partial charge in [-0.1, -0.05) is 30.7 Å². The number of carbonyl (C=O) groups excluding carboxylic acids is 4. The summed E-state index contributed by atoms with van der Waals surface area (Å²) in [6, 6.07) is 12.9. The Hall–Kier alpha value is -5.15. The van der Waals surface area contributed by atoms with E-state index in [9.17, 15) is 24.3 Å². The lowest BCUT2D eigenvalue weighted by molar-refractivity contribution is -0.136. The van der Waals surface area contributed by atoms with Crippen molar-refractivity contribution in [3.05, 3.63) is 58.6 Å². The van der Waals surface area contributed by atoms with Gasteiger partial charge in [0.15, 0.2) is 5.82 Å². The van der Waals surface area contributed by atoms with E-state index in [1.54, 1.807) is 23.1 Å². The molecule has 1 unspecified atom stereocenters. The third-order valence-corrected chi connectivity index (χ3v) is 14.0. The highest BCUT2D eigenvalue weighted by Gasteiger charge is 2.48. The standard InChI is InChI=1S/C43H53ClN10O5/c1-4-43-24-45-39-36(19-34(47-48-39)31-6-5-7-33(44)38(31)56)53(43)17-16-51(25-43)42(59)54-26(2)20-49(21-27(54)3)22-28-12-14-50(15-13-28)30-9-8-29-23-52(41(58)32(29)18-30)35-10-11-37(55)46-40(35)57/h5-9,18-19,26-28,35,56H,4,10-17,20-25H2,1-3H3,(H,45,48)(H,46,55,57)/t26-,27-,35+,43?/m1/s1. The zero-order valence-electron chi connectivity index (χ0n) is 34.0. The van der Waals surface area contributed by atoms with Crippen LogP contribution >= 0.6 is 11.6 Å². The highest BCUT2D eigenvalue weighted by atomic mass is 35.5. The molecule has 3 aromatic rings. The lowest BCUT2D eigenvalue weighted by Gasteiger charge is -2.55. The van der Waals surface area contributed by atoms with Crippen molar-refractivity contribution in [1.82, 2.24) is 35.1 Å². The van der Waals surface area contributed by atoms with Gasteiger partial charge in [0.2, 0.25) is 11.8 Å². The van der Waals surface area contributed by atoms with E-state index in [4.69, 9.17) is 11.6 Å². The van der Waals surface area contributed by atoms with Gasteiger partial charge in [-0.3, -0.25) is 24.6 Å². The SMILES string of the molecule is CCC12CNc3nnc(-c4cccc(Cl)c4O)cc3N1CCN(C(=O)N1[C@H](C)CN(CC3CCN(c4ccc5c(c4)C(=O)N([C@H]4CCC(=O)NC4=O)C5)CC3)C[C@H]1C)C2. The average molecular weight is 825 g/mol. The molecule has 0 saturated carbocycles. The predicted octanol–water partition coefficient (Wildman–Crippen LogP) is 4.39. The third kappa shape index (κ3) is 7.09. The molecule has 9 rings (SSSR count). The number of aromatic nitrogens is 2. The van der Waals surface area contributed by atoms with Crippen molar-refractivity contribution in [1.29, 1.82) is 0 Å². The minimum absolute atomic E-state index is 0.0210. The summed E-state index contributed by atoms with van der Waals surface area (Å²) in [7, 11) is 0. The maximum absolute atomic E-state index is 14.4. The predicted molar refractivity (Wildman–Crippen MR) is 225 cm³/mol. The van der Waals surface area contributed by atoms with E-state index in [1.807, 2.05) is 23.1 Å². The Labute approximate surface area is 349 Å². The molecule has 312 valence electrons. The van der Waals surface area contributed by atoms with Crippen LogP contribution in [0.2, 0.25) is 5.02 Å². The van der Waals surface area contributed by atoms with Gasteiger partial charge in [0.05, 0.1) is 21.9 Å². The molecule has 1 aromatic heterocycles. The molecular formula is C43H53ClN10O5. The van der Waals surface area contributed by atoms with Gasteiger partial charge in [0, 0.05) is 101 Å². The molecule has 5 amide bonds. The zero-order chi connectivity index (χ0) is 41.2. The number of phenolic OH excluding ortho intramolecular Hbond substituents is 1. The number of hydrogen-bond donors (Lipinski definition) is 3. The fraction of sp³-hybridized carbons (Fsp3) is 0.535. The molecule has 6 aliphatic rings. The van der Waals surface area contributed by atoms with Crippen LogP contribution in [0.4, 0.5) is 22.0 Å². The number of hydrogen-bond acceptors (Lipinski definition) is 11. The number of piperazine rings is 2. The lowest BCUT2D eigenvalue weighted by Crippen LogP contribution is -2.70. The van der Waals surface area contributed by atoms with Crippen molar-refractivity contribution in [3.8, 4) is 17.0 Å². The Morgan fingerprint density at radius 1 is 0.966 bits per heavy atom. The Bertz CT molecular complexity index is 2170. The first-order chi connectivity index (χ1) is 28.4. The van der Waals surface area contributed by atoms with Crippen molar-refractivity contribution < 1.29 is 24.3 Å². The number of aromatic hydroxyl groups is 1. The van der Waals surface area contributed by atoms with Crippen LogP contribution in [0, 0.1) is 5.92 Å². The molecule has 4 atom stereocenters. The number of carbonyl (C=O) groups is 4. The Kier molecular flexibility index (Phi) is 10.3. The van der Waals surface area contributed by atoms with Gasteiger partial charge in [0.1, 0.15) is 11.8 Å². The van der Waals surface area contributed by atoms with E-state index in [2.05, 4.69) is 67.3 Å². The third-order valence-electron chi connectivity index (χ3n) is 13.7. The second-order valence-corrected chi connectivity index (χ2v) is 17.8. The number of nitrogens with one attached hydrogen (secondary N) is 2. The molecule has 0 aliphatic carbocycles. The lowest BCUT2D eigenvalue weighted by atomic mass is 9.87. The number of urea groups is 1. The summed E-state index contributed by atoms with van der Waals surface area (Å²) in [6.45, 7) is 13.9. The smallest absolute Gasteiger partial charge is 0.320 e. The minimum atomic E-state index is -0.612. The molecule has 6 aliphatic heterocycles. The van der Waals surface area contributed by atoms with Gasteiger partial charge in [-0.2, -0.15) is 0 Å². The van der Waals surface area contributed by atoms with Crippen LogP contribution in [0.3, 0.4) is 0 Å². The molecule has 2 aromatic carbocycles. The van der Waals surface area contributed by atoms with Crippen molar-refractivity contribution >= 4 is 52.5 Å². The van der Waals surface area contributed by atoms with Crippen LogP contribution in [-0.2, 0) is 16.1 Å². The number of imide groups is 1. The second-order valence-electron chi connectivity index (χ2n) is 17.4. The van der Waals surface area contributed by atoms with Crippen LogP contribution in [0.15, 0.2) is 42.5 Å². The van der Waals surface area contributed by atoms with E-state index in [1.165, 1.54) is 0 Å². The summed E-state index contributed by atoms with van der Waals surface area (Å²) in [5.41, 5.74) is 4.26. The molecule has 0 spiro atoms.